The van der Waals surface area contributed by atoms with Gasteiger partial charge in [0.15, 0.2) is 0 Å². The zero-order chi connectivity index (χ0) is 19.7. The minimum absolute atomic E-state index is 0.0246. The highest BCUT2D eigenvalue weighted by atomic mass is 16.5. The molecule has 0 heterocycles. The molecule has 1 aromatic carbocycles. The van der Waals surface area contributed by atoms with Gasteiger partial charge in [-0.1, -0.05) is 26.8 Å². The van der Waals surface area contributed by atoms with Crippen LogP contribution in [-0.2, 0) is 9.53 Å². The van der Waals surface area contributed by atoms with Gasteiger partial charge in [-0.05, 0) is 63.2 Å². The SMILES string of the molecule is CCN(CC)CCCN(CC(C)C(=O)OC)C(=O)c1ccc(C)c(C)c1. The summed E-state index contributed by atoms with van der Waals surface area (Å²) in [4.78, 5) is 29.0. The number of carbonyl (C=O) groups excluding carboxylic acids is 2. The quantitative estimate of drug-likeness (QED) is 0.599. The summed E-state index contributed by atoms with van der Waals surface area (Å²) in [5.41, 5.74) is 2.94. The van der Waals surface area contributed by atoms with Gasteiger partial charge in [0.2, 0.25) is 0 Å². The maximum absolute atomic E-state index is 13.0. The van der Waals surface area contributed by atoms with Gasteiger partial charge in [-0.25, -0.2) is 0 Å². The fourth-order valence-corrected chi connectivity index (χ4v) is 2.96. The van der Waals surface area contributed by atoms with Gasteiger partial charge < -0.3 is 14.5 Å². The van der Waals surface area contributed by atoms with Crippen molar-refractivity contribution in [2.45, 2.75) is 41.0 Å². The van der Waals surface area contributed by atoms with Gasteiger partial charge in [-0.3, -0.25) is 9.59 Å². The van der Waals surface area contributed by atoms with E-state index in [2.05, 4.69) is 18.7 Å². The summed E-state index contributed by atoms with van der Waals surface area (Å²) in [6, 6.07) is 5.77. The Morgan fingerprint density at radius 2 is 1.73 bits per heavy atom. The molecule has 0 spiro atoms. The molecule has 0 aliphatic rings. The fourth-order valence-electron chi connectivity index (χ4n) is 2.96. The number of nitrogens with zero attached hydrogens (tertiary/aromatic N) is 2. The Balaban J connectivity index is 2.88. The second-order valence-corrected chi connectivity index (χ2v) is 6.85. The summed E-state index contributed by atoms with van der Waals surface area (Å²) in [5.74, 6) is -0.654. The van der Waals surface area contributed by atoms with Gasteiger partial charge in [-0.15, -0.1) is 0 Å². The van der Waals surface area contributed by atoms with Crippen LogP contribution in [0.3, 0.4) is 0 Å². The van der Waals surface area contributed by atoms with Crippen LogP contribution in [0.4, 0.5) is 0 Å². The van der Waals surface area contributed by atoms with Crippen LogP contribution in [0.25, 0.3) is 0 Å². The van der Waals surface area contributed by atoms with E-state index >= 15 is 0 Å². The number of rotatable bonds is 10. The summed E-state index contributed by atoms with van der Waals surface area (Å²) >= 11 is 0. The molecule has 0 saturated heterocycles. The fraction of sp³-hybridized carbons (Fsp3) is 0.619. The molecular weight excluding hydrogens is 328 g/mol. The van der Waals surface area contributed by atoms with Crippen molar-refractivity contribution < 1.29 is 14.3 Å². The van der Waals surface area contributed by atoms with Gasteiger partial charge in [0.05, 0.1) is 13.0 Å². The van der Waals surface area contributed by atoms with Crippen molar-refractivity contribution in [1.29, 1.82) is 0 Å². The van der Waals surface area contributed by atoms with Crippen molar-refractivity contribution >= 4 is 11.9 Å². The van der Waals surface area contributed by atoms with E-state index in [9.17, 15) is 9.59 Å². The Morgan fingerprint density at radius 3 is 2.27 bits per heavy atom. The highest BCUT2D eigenvalue weighted by Gasteiger charge is 2.22. The molecule has 1 amide bonds. The molecule has 0 aliphatic heterocycles. The van der Waals surface area contributed by atoms with E-state index in [4.69, 9.17) is 4.74 Å². The van der Waals surface area contributed by atoms with Crippen LogP contribution >= 0.6 is 0 Å². The monoisotopic (exact) mass is 362 g/mol. The van der Waals surface area contributed by atoms with Gasteiger partial charge in [0, 0.05) is 18.7 Å². The molecule has 1 rings (SSSR count). The molecule has 1 aromatic rings. The number of ether oxygens (including phenoxy) is 1. The summed E-state index contributed by atoms with van der Waals surface area (Å²) in [7, 11) is 1.38. The molecule has 26 heavy (non-hydrogen) atoms. The Kier molecular flexibility index (Phi) is 9.35. The maximum atomic E-state index is 13.0. The third-order valence-electron chi connectivity index (χ3n) is 4.94. The van der Waals surface area contributed by atoms with E-state index in [0.29, 0.717) is 18.7 Å². The maximum Gasteiger partial charge on any atom is 0.310 e. The molecule has 146 valence electrons. The Morgan fingerprint density at radius 1 is 1.08 bits per heavy atom. The minimum Gasteiger partial charge on any atom is -0.469 e. The molecule has 0 aliphatic carbocycles. The number of hydrogen-bond acceptors (Lipinski definition) is 4. The van der Waals surface area contributed by atoms with Gasteiger partial charge in [0.25, 0.3) is 5.91 Å². The lowest BCUT2D eigenvalue weighted by Gasteiger charge is -2.27. The second-order valence-electron chi connectivity index (χ2n) is 6.85. The van der Waals surface area contributed by atoms with Crippen LogP contribution in [0.15, 0.2) is 18.2 Å². The number of carbonyl (C=O) groups is 2. The number of esters is 1. The molecule has 1 unspecified atom stereocenters. The van der Waals surface area contributed by atoms with E-state index in [1.54, 1.807) is 11.8 Å². The van der Waals surface area contributed by atoms with E-state index in [0.717, 1.165) is 37.2 Å². The van der Waals surface area contributed by atoms with Crippen LogP contribution in [0, 0.1) is 19.8 Å². The molecule has 5 nitrogen and oxygen atoms in total. The standard InChI is InChI=1S/C21H34N2O3/c1-7-22(8-2)12-9-13-23(15-18(5)21(25)26-6)20(24)19-11-10-16(3)17(4)14-19/h10-11,14,18H,7-9,12-13,15H2,1-6H3. The summed E-state index contributed by atoms with van der Waals surface area (Å²) in [5, 5.41) is 0. The minimum atomic E-state index is -0.344. The lowest BCUT2D eigenvalue weighted by molar-refractivity contribution is -0.145. The first kappa shape index (κ1) is 22.2. The zero-order valence-electron chi connectivity index (χ0n) is 17.2. The third kappa shape index (κ3) is 6.45. The highest BCUT2D eigenvalue weighted by molar-refractivity contribution is 5.94. The Hall–Kier alpha value is -1.88. The molecule has 1 atom stereocenters. The van der Waals surface area contributed by atoms with Crippen LogP contribution in [0.1, 0.15) is 48.7 Å². The van der Waals surface area contributed by atoms with Crippen LogP contribution in [0.5, 0.6) is 0 Å². The second kappa shape index (κ2) is 11.0. The molecule has 0 aromatic heterocycles. The highest BCUT2D eigenvalue weighted by Crippen LogP contribution is 2.14. The average Bonchev–Trinajstić information content (AvgIpc) is 2.65. The molecule has 0 fully saturated rings. The first-order valence-corrected chi connectivity index (χ1v) is 9.50. The number of hydrogen-bond donors (Lipinski definition) is 0. The van der Waals surface area contributed by atoms with E-state index in [1.807, 2.05) is 32.0 Å². The predicted molar refractivity (Wildman–Crippen MR) is 105 cm³/mol. The number of aryl methyl sites for hydroxylation is 2. The summed E-state index contributed by atoms with van der Waals surface area (Å²) in [6.45, 7) is 14.1. The van der Waals surface area contributed by atoms with Crippen molar-refractivity contribution in [3.8, 4) is 0 Å². The number of methoxy groups -OCH3 is 1. The van der Waals surface area contributed by atoms with Gasteiger partial charge >= 0.3 is 5.97 Å². The lowest BCUT2D eigenvalue weighted by atomic mass is 10.0. The van der Waals surface area contributed by atoms with Crippen molar-refractivity contribution in [1.82, 2.24) is 9.80 Å². The van der Waals surface area contributed by atoms with Crippen LogP contribution in [-0.4, -0.2) is 61.5 Å². The smallest absolute Gasteiger partial charge is 0.310 e. The van der Waals surface area contributed by atoms with E-state index < -0.39 is 0 Å². The van der Waals surface area contributed by atoms with Crippen molar-refractivity contribution in [2.24, 2.45) is 5.92 Å². The van der Waals surface area contributed by atoms with Crippen molar-refractivity contribution in [2.75, 3.05) is 39.8 Å². The molecule has 5 heteroatoms. The van der Waals surface area contributed by atoms with Crippen LogP contribution in [0.2, 0.25) is 0 Å². The zero-order valence-corrected chi connectivity index (χ0v) is 17.2. The first-order valence-electron chi connectivity index (χ1n) is 9.50. The van der Waals surface area contributed by atoms with Crippen molar-refractivity contribution in [3.05, 3.63) is 34.9 Å². The topological polar surface area (TPSA) is 49.9 Å². The Labute approximate surface area is 158 Å². The largest absolute Gasteiger partial charge is 0.469 e. The lowest BCUT2D eigenvalue weighted by Crippen LogP contribution is -2.39. The van der Waals surface area contributed by atoms with E-state index in [1.165, 1.54) is 7.11 Å². The summed E-state index contributed by atoms with van der Waals surface area (Å²) < 4.78 is 4.83. The molecule has 0 N–H and O–H groups in total. The van der Waals surface area contributed by atoms with E-state index in [-0.39, 0.29) is 17.8 Å². The van der Waals surface area contributed by atoms with Crippen molar-refractivity contribution in [3.63, 3.8) is 0 Å². The number of amides is 1. The Bertz CT molecular complexity index is 597. The predicted octanol–water partition coefficient (Wildman–Crippen LogP) is 3.29. The molecule has 0 saturated carbocycles. The molecular formula is C21H34N2O3. The molecule has 0 bridgehead atoms. The third-order valence-corrected chi connectivity index (χ3v) is 4.94. The number of benzene rings is 1. The first-order chi connectivity index (χ1) is 12.3. The van der Waals surface area contributed by atoms with Crippen LogP contribution < -0.4 is 0 Å². The normalized spacial score (nSPS) is 12.1. The average molecular weight is 363 g/mol. The summed E-state index contributed by atoms with van der Waals surface area (Å²) in [6.07, 6.45) is 0.881. The van der Waals surface area contributed by atoms with Gasteiger partial charge in [-0.2, -0.15) is 0 Å². The van der Waals surface area contributed by atoms with Gasteiger partial charge in [0.1, 0.15) is 0 Å². The molecule has 0 radical (unpaired) electrons.